The van der Waals surface area contributed by atoms with E-state index in [9.17, 15) is 14.0 Å². The van der Waals surface area contributed by atoms with E-state index in [1.807, 2.05) is 30.1 Å². The molecule has 144 valence electrons. The molecule has 0 radical (unpaired) electrons. The van der Waals surface area contributed by atoms with E-state index in [0.717, 1.165) is 16.9 Å². The first-order valence-electron chi connectivity index (χ1n) is 8.97. The normalized spacial score (nSPS) is 16.4. The third-order valence-corrected chi connectivity index (χ3v) is 4.88. The van der Waals surface area contributed by atoms with Gasteiger partial charge in [0.15, 0.2) is 12.4 Å². The first-order valence-corrected chi connectivity index (χ1v) is 8.97. The molecule has 0 amide bonds. The molecule has 0 unspecified atom stereocenters. The number of rotatable bonds is 5. The molecule has 4 nitrogen and oxygen atoms in total. The van der Waals surface area contributed by atoms with Crippen molar-refractivity contribution < 1.29 is 18.7 Å². The zero-order valence-corrected chi connectivity index (χ0v) is 16.1. The number of ether oxygens (including phenoxy) is 1. The first kappa shape index (κ1) is 19.5. The lowest BCUT2D eigenvalue weighted by molar-refractivity contribution is -0.141. The molecule has 2 aromatic rings. The Morgan fingerprint density at radius 3 is 2.46 bits per heavy atom. The summed E-state index contributed by atoms with van der Waals surface area (Å²) in [7, 11) is 1.92. The summed E-state index contributed by atoms with van der Waals surface area (Å²) in [5, 5.41) is 0. The standard InChI is InChI=1S/C23H22FNO3/c1-23(2)19-6-4-5-7-20(19)25(3)21(23)14-18(26)15-28-22(27)13-10-16-8-11-17(24)12-9-16/h4-14H,15H2,1-3H3/b13-10+,21-14-. The molecule has 0 atom stereocenters. The molecule has 3 rings (SSSR count). The Labute approximate surface area is 163 Å². The van der Waals surface area contributed by atoms with E-state index >= 15 is 0 Å². The number of nitrogens with zero attached hydrogens (tertiary/aromatic N) is 1. The highest BCUT2D eigenvalue weighted by atomic mass is 19.1. The fraction of sp³-hybridized carbons (Fsp3) is 0.217. The average molecular weight is 379 g/mol. The van der Waals surface area contributed by atoms with Crippen molar-refractivity contribution in [3.63, 3.8) is 0 Å². The number of carbonyl (C=O) groups excluding carboxylic acids is 2. The molecule has 0 spiro atoms. The lowest BCUT2D eigenvalue weighted by Gasteiger charge is -2.23. The molecule has 5 heteroatoms. The monoisotopic (exact) mass is 379 g/mol. The summed E-state index contributed by atoms with van der Waals surface area (Å²) in [6.45, 7) is 3.79. The SMILES string of the molecule is CN1/C(=C\C(=O)COC(=O)/C=C/c2ccc(F)cc2)C(C)(C)c2ccccc21. The van der Waals surface area contributed by atoms with Crippen LogP contribution >= 0.6 is 0 Å². The van der Waals surface area contributed by atoms with Crippen LogP contribution in [0.5, 0.6) is 0 Å². The highest BCUT2D eigenvalue weighted by Crippen LogP contribution is 2.46. The van der Waals surface area contributed by atoms with Crippen LogP contribution in [0.2, 0.25) is 0 Å². The van der Waals surface area contributed by atoms with Crippen molar-refractivity contribution in [3.05, 3.63) is 83.3 Å². The highest BCUT2D eigenvalue weighted by molar-refractivity contribution is 5.96. The van der Waals surface area contributed by atoms with Gasteiger partial charge in [-0.2, -0.15) is 0 Å². The van der Waals surface area contributed by atoms with E-state index in [4.69, 9.17) is 4.74 Å². The van der Waals surface area contributed by atoms with Gasteiger partial charge in [-0.3, -0.25) is 4.79 Å². The predicted molar refractivity (Wildman–Crippen MR) is 107 cm³/mol. The van der Waals surface area contributed by atoms with E-state index < -0.39 is 5.97 Å². The van der Waals surface area contributed by atoms with E-state index in [2.05, 4.69) is 19.9 Å². The van der Waals surface area contributed by atoms with Gasteiger partial charge in [-0.1, -0.05) is 44.2 Å². The number of ketones is 1. The summed E-state index contributed by atoms with van der Waals surface area (Å²) >= 11 is 0. The third-order valence-electron chi connectivity index (χ3n) is 4.88. The van der Waals surface area contributed by atoms with Gasteiger partial charge in [-0.15, -0.1) is 0 Å². The number of allylic oxidation sites excluding steroid dienone is 1. The Morgan fingerprint density at radius 1 is 1.11 bits per heavy atom. The smallest absolute Gasteiger partial charge is 0.331 e. The van der Waals surface area contributed by atoms with Gasteiger partial charge >= 0.3 is 5.97 Å². The Hall–Kier alpha value is -3.21. The van der Waals surface area contributed by atoms with Crippen LogP contribution in [0, 0.1) is 5.82 Å². The fourth-order valence-electron chi connectivity index (χ4n) is 3.38. The van der Waals surface area contributed by atoms with E-state index in [1.165, 1.54) is 30.4 Å². The minimum absolute atomic E-state index is 0.286. The maximum Gasteiger partial charge on any atom is 0.331 e. The van der Waals surface area contributed by atoms with Gasteiger partial charge in [0, 0.05) is 36.0 Å². The summed E-state index contributed by atoms with van der Waals surface area (Å²) in [5.74, 6) is -1.26. The van der Waals surface area contributed by atoms with Crippen molar-refractivity contribution in [1.29, 1.82) is 0 Å². The van der Waals surface area contributed by atoms with Crippen molar-refractivity contribution in [2.75, 3.05) is 18.6 Å². The molecule has 28 heavy (non-hydrogen) atoms. The van der Waals surface area contributed by atoms with Gasteiger partial charge in [0.25, 0.3) is 0 Å². The summed E-state index contributed by atoms with van der Waals surface area (Å²) in [6, 6.07) is 13.7. The Balaban J connectivity index is 1.62. The van der Waals surface area contributed by atoms with Gasteiger partial charge in [0.05, 0.1) is 0 Å². The maximum absolute atomic E-state index is 12.9. The largest absolute Gasteiger partial charge is 0.454 e. The van der Waals surface area contributed by atoms with Crippen LogP contribution in [0.3, 0.4) is 0 Å². The van der Waals surface area contributed by atoms with Gasteiger partial charge in [0.1, 0.15) is 5.82 Å². The highest BCUT2D eigenvalue weighted by Gasteiger charge is 2.38. The second kappa shape index (κ2) is 7.80. The minimum Gasteiger partial charge on any atom is -0.454 e. The Bertz CT molecular complexity index is 958. The predicted octanol–water partition coefficient (Wildman–Crippen LogP) is 4.26. The number of likely N-dealkylation sites (N-methyl/N-ethyl adjacent to an activating group) is 1. The van der Waals surface area contributed by atoms with Crippen molar-refractivity contribution in [2.24, 2.45) is 0 Å². The summed E-state index contributed by atoms with van der Waals surface area (Å²) in [6.07, 6.45) is 4.27. The molecule has 0 aromatic heterocycles. The van der Waals surface area contributed by atoms with E-state index in [0.29, 0.717) is 5.56 Å². The molecule has 0 bridgehead atoms. The van der Waals surface area contributed by atoms with Gasteiger partial charge in [0.2, 0.25) is 0 Å². The molecule has 0 fully saturated rings. The van der Waals surface area contributed by atoms with Gasteiger partial charge < -0.3 is 9.64 Å². The minimum atomic E-state index is -0.626. The second-order valence-corrected chi connectivity index (χ2v) is 7.19. The van der Waals surface area contributed by atoms with Crippen molar-refractivity contribution in [2.45, 2.75) is 19.3 Å². The summed E-state index contributed by atoms with van der Waals surface area (Å²) in [4.78, 5) is 26.2. The average Bonchev–Trinajstić information content (AvgIpc) is 2.87. The molecular formula is C23H22FNO3. The Kier molecular flexibility index (Phi) is 5.45. The van der Waals surface area contributed by atoms with Crippen LogP contribution in [0.1, 0.15) is 25.0 Å². The Morgan fingerprint density at radius 2 is 1.79 bits per heavy atom. The quantitative estimate of drug-likeness (QED) is 0.575. The second-order valence-electron chi connectivity index (χ2n) is 7.19. The fourth-order valence-corrected chi connectivity index (χ4v) is 3.38. The molecule has 1 aliphatic rings. The zero-order chi connectivity index (χ0) is 20.3. The molecule has 0 aliphatic carbocycles. The van der Waals surface area contributed by atoms with Crippen LogP contribution < -0.4 is 4.90 Å². The number of hydrogen-bond acceptors (Lipinski definition) is 4. The van der Waals surface area contributed by atoms with E-state index in [1.54, 1.807) is 12.1 Å². The topological polar surface area (TPSA) is 46.6 Å². The van der Waals surface area contributed by atoms with Crippen LogP contribution in [0.4, 0.5) is 10.1 Å². The maximum atomic E-state index is 12.9. The van der Waals surface area contributed by atoms with Crippen molar-refractivity contribution in [1.82, 2.24) is 0 Å². The summed E-state index contributed by atoms with van der Waals surface area (Å²) in [5.41, 5.74) is 3.42. The number of carbonyl (C=O) groups is 2. The van der Waals surface area contributed by atoms with Gasteiger partial charge in [-0.25, -0.2) is 9.18 Å². The third kappa shape index (κ3) is 4.03. The van der Waals surface area contributed by atoms with Crippen LogP contribution in [-0.2, 0) is 19.7 Å². The number of para-hydroxylation sites is 1. The number of hydrogen-bond donors (Lipinski definition) is 0. The number of esters is 1. The number of anilines is 1. The molecule has 1 aliphatic heterocycles. The van der Waals surface area contributed by atoms with Crippen LogP contribution in [0.15, 0.2) is 66.4 Å². The summed E-state index contributed by atoms with van der Waals surface area (Å²) < 4.78 is 17.9. The number of benzene rings is 2. The molecule has 1 heterocycles. The van der Waals surface area contributed by atoms with E-state index in [-0.39, 0.29) is 23.6 Å². The zero-order valence-electron chi connectivity index (χ0n) is 16.1. The first-order chi connectivity index (χ1) is 13.3. The van der Waals surface area contributed by atoms with Crippen LogP contribution in [0.25, 0.3) is 6.08 Å². The number of fused-ring (bicyclic) bond motifs is 1. The molecule has 0 N–H and O–H groups in total. The van der Waals surface area contributed by atoms with Gasteiger partial charge in [-0.05, 0) is 35.4 Å². The molecule has 0 saturated heterocycles. The molecule has 2 aromatic carbocycles. The lowest BCUT2D eigenvalue weighted by Crippen LogP contribution is -2.25. The van der Waals surface area contributed by atoms with Crippen molar-refractivity contribution in [3.8, 4) is 0 Å². The molecular weight excluding hydrogens is 357 g/mol. The molecule has 0 saturated carbocycles. The van der Waals surface area contributed by atoms with Crippen LogP contribution in [-0.4, -0.2) is 25.4 Å². The van der Waals surface area contributed by atoms with Crippen molar-refractivity contribution >= 4 is 23.5 Å². The lowest BCUT2D eigenvalue weighted by atomic mass is 9.83. The number of halogens is 1.